The van der Waals surface area contributed by atoms with Gasteiger partial charge < -0.3 is 14.8 Å². The second-order valence-corrected chi connectivity index (χ2v) is 5.81. The Morgan fingerprint density at radius 1 is 1.43 bits per heavy atom. The standard InChI is InChI=1S/C15H18BrNO4/c1-20-14(18)9-12(10-4-6-11(16)7-5-10)17-15(19)13-3-2-8-21-13/h4-7,12-13H,2-3,8-9H2,1H3,(H,17,19). The molecule has 1 aromatic carbocycles. The van der Waals surface area contributed by atoms with Gasteiger partial charge in [0.2, 0.25) is 5.91 Å². The normalized spacial score (nSPS) is 19.0. The van der Waals surface area contributed by atoms with Gasteiger partial charge in [0.05, 0.1) is 19.6 Å². The number of methoxy groups -OCH3 is 1. The Bertz CT molecular complexity index is 497. The third-order valence-electron chi connectivity index (χ3n) is 3.41. The van der Waals surface area contributed by atoms with Crippen molar-refractivity contribution in [3.05, 3.63) is 34.3 Å². The van der Waals surface area contributed by atoms with E-state index in [0.717, 1.165) is 22.9 Å². The largest absolute Gasteiger partial charge is 0.469 e. The summed E-state index contributed by atoms with van der Waals surface area (Å²) in [6.07, 6.45) is 1.28. The number of esters is 1. The molecular formula is C15H18BrNO4. The summed E-state index contributed by atoms with van der Waals surface area (Å²) in [5.74, 6) is -0.542. The topological polar surface area (TPSA) is 64.6 Å². The second kappa shape index (κ2) is 7.56. The van der Waals surface area contributed by atoms with Gasteiger partial charge in [0, 0.05) is 11.1 Å². The molecule has 1 fully saturated rings. The summed E-state index contributed by atoms with van der Waals surface area (Å²) in [5.41, 5.74) is 0.856. The lowest BCUT2D eigenvalue weighted by Crippen LogP contribution is -2.37. The molecule has 2 rings (SSSR count). The molecule has 114 valence electrons. The Labute approximate surface area is 132 Å². The lowest BCUT2D eigenvalue weighted by atomic mass is 10.0. The fraction of sp³-hybridized carbons (Fsp3) is 0.467. The molecule has 1 saturated heterocycles. The third-order valence-corrected chi connectivity index (χ3v) is 3.94. The first-order valence-corrected chi connectivity index (χ1v) is 7.63. The molecule has 5 nitrogen and oxygen atoms in total. The highest BCUT2D eigenvalue weighted by Crippen LogP contribution is 2.21. The van der Waals surface area contributed by atoms with Crippen LogP contribution in [0.15, 0.2) is 28.7 Å². The van der Waals surface area contributed by atoms with Crippen LogP contribution in [0.25, 0.3) is 0 Å². The van der Waals surface area contributed by atoms with Gasteiger partial charge in [-0.25, -0.2) is 0 Å². The minimum atomic E-state index is -0.416. The van der Waals surface area contributed by atoms with Gasteiger partial charge in [0.1, 0.15) is 6.10 Å². The number of carbonyl (C=O) groups excluding carboxylic acids is 2. The van der Waals surface area contributed by atoms with Crippen LogP contribution in [-0.4, -0.2) is 31.7 Å². The van der Waals surface area contributed by atoms with E-state index in [1.165, 1.54) is 7.11 Å². The molecule has 1 aromatic rings. The minimum absolute atomic E-state index is 0.0938. The van der Waals surface area contributed by atoms with E-state index in [1.54, 1.807) is 0 Å². The predicted molar refractivity (Wildman–Crippen MR) is 80.6 cm³/mol. The summed E-state index contributed by atoms with van der Waals surface area (Å²) in [7, 11) is 1.34. The number of carbonyl (C=O) groups is 2. The van der Waals surface area contributed by atoms with Crippen molar-refractivity contribution in [1.29, 1.82) is 0 Å². The van der Waals surface area contributed by atoms with Crippen molar-refractivity contribution in [3.8, 4) is 0 Å². The number of rotatable bonds is 5. The number of benzene rings is 1. The maximum atomic E-state index is 12.2. The lowest BCUT2D eigenvalue weighted by molar-refractivity contribution is -0.141. The molecule has 1 aliphatic heterocycles. The quantitative estimate of drug-likeness (QED) is 0.823. The second-order valence-electron chi connectivity index (χ2n) is 4.89. The average Bonchev–Trinajstić information content (AvgIpc) is 3.01. The monoisotopic (exact) mass is 355 g/mol. The van der Waals surface area contributed by atoms with Crippen LogP contribution in [0.3, 0.4) is 0 Å². The first-order chi connectivity index (χ1) is 10.1. The lowest BCUT2D eigenvalue weighted by Gasteiger charge is -2.20. The van der Waals surface area contributed by atoms with Crippen LogP contribution in [0.1, 0.15) is 30.9 Å². The van der Waals surface area contributed by atoms with E-state index in [9.17, 15) is 9.59 Å². The van der Waals surface area contributed by atoms with E-state index in [1.807, 2.05) is 24.3 Å². The van der Waals surface area contributed by atoms with Crippen LogP contribution < -0.4 is 5.32 Å². The number of ether oxygens (including phenoxy) is 2. The zero-order valence-electron chi connectivity index (χ0n) is 11.8. The van der Waals surface area contributed by atoms with Gasteiger partial charge in [0.15, 0.2) is 0 Å². The van der Waals surface area contributed by atoms with Crippen molar-refractivity contribution in [2.45, 2.75) is 31.4 Å². The average molecular weight is 356 g/mol. The molecule has 1 aliphatic rings. The van der Waals surface area contributed by atoms with Gasteiger partial charge in [-0.2, -0.15) is 0 Å². The van der Waals surface area contributed by atoms with Crippen LogP contribution in [0.2, 0.25) is 0 Å². The van der Waals surface area contributed by atoms with Crippen LogP contribution in [0.4, 0.5) is 0 Å². The Morgan fingerprint density at radius 3 is 2.71 bits per heavy atom. The first-order valence-electron chi connectivity index (χ1n) is 6.84. The predicted octanol–water partition coefficient (Wildman–Crippen LogP) is 2.35. The van der Waals surface area contributed by atoms with Crippen molar-refractivity contribution < 1.29 is 19.1 Å². The number of halogens is 1. The van der Waals surface area contributed by atoms with E-state index in [2.05, 4.69) is 21.2 Å². The third kappa shape index (κ3) is 4.54. The van der Waals surface area contributed by atoms with Gasteiger partial charge in [-0.05, 0) is 30.5 Å². The maximum absolute atomic E-state index is 12.2. The summed E-state index contributed by atoms with van der Waals surface area (Å²) < 4.78 is 11.0. The number of hydrogen-bond donors (Lipinski definition) is 1. The van der Waals surface area contributed by atoms with Gasteiger partial charge in [-0.15, -0.1) is 0 Å². The Balaban J connectivity index is 2.09. The molecule has 6 heteroatoms. The zero-order chi connectivity index (χ0) is 15.2. The van der Waals surface area contributed by atoms with Gasteiger partial charge in [-0.1, -0.05) is 28.1 Å². The van der Waals surface area contributed by atoms with Gasteiger partial charge in [0.25, 0.3) is 0 Å². The summed E-state index contributed by atoms with van der Waals surface area (Å²) in [5, 5.41) is 2.88. The highest BCUT2D eigenvalue weighted by atomic mass is 79.9. The Hall–Kier alpha value is -1.40. The fourth-order valence-electron chi connectivity index (χ4n) is 2.25. The molecule has 1 amide bonds. The molecular weight excluding hydrogens is 338 g/mol. The highest BCUT2D eigenvalue weighted by molar-refractivity contribution is 9.10. The van der Waals surface area contributed by atoms with Crippen LogP contribution in [0.5, 0.6) is 0 Å². The molecule has 0 radical (unpaired) electrons. The highest BCUT2D eigenvalue weighted by Gasteiger charge is 2.27. The SMILES string of the molecule is COC(=O)CC(NC(=O)C1CCCO1)c1ccc(Br)cc1. The van der Waals surface area contributed by atoms with Crippen molar-refractivity contribution in [2.75, 3.05) is 13.7 Å². The van der Waals surface area contributed by atoms with E-state index in [4.69, 9.17) is 9.47 Å². The molecule has 2 unspecified atom stereocenters. The molecule has 0 aromatic heterocycles. The molecule has 1 N–H and O–H groups in total. The van der Waals surface area contributed by atoms with Gasteiger partial charge >= 0.3 is 5.97 Å². The molecule has 0 aliphatic carbocycles. The molecule has 0 bridgehead atoms. The zero-order valence-corrected chi connectivity index (χ0v) is 13.4. The summed E-state index contributed by atoms with van der Waals surface area (Å²) in [4.78, 5) is 23.7. The van der Waals surface area contributed by atoms with Crippen molar-refractivity contribution in [1.82, 2.24) is 5.32 Å². The molecule has 0 spiro atoms. The molecule has 0 saturated carbocycles. The molecule has 1 heterocycles. The number of hydrogen-bond acceptors (Lipinski definition) is 4. The molecule has 21 heavy (non-hydrogen) atoms. The molecule has 2 atom stereocenters. The van der Waals surface area contributed by atoms with Gasteiger partial charge in [-0.3, -0.25) is 9.59 Å². The Kier molecular flexibility index (Phi) is 5.76. The van der Waals surface area contributed by atoms with E-state index < -0.39 is 12.1 Å². The van der Waals surface area contributed by atoms with Crippen molar-refractivity contribution >= 4 is 27.8 Å². The van der Waals surface area contributed by atoms with Crippen molar-refractivity contribution in [2.24, 2.45) is 0 Å². The minimum Gasteiger partial charge on any atom is -0.469 e. The summed E-state index contributed by atoms with van der Waals surface area (Å²) >= 11 is 3.36. The number of amides is 1. The smallest absolute Gasteiger partial charge is 0.307 e. The number of nitrogens with one attached hydrogen (secondary N) is 1. The van der Waals surface area contributed by atoms with E-state index in [0.29, 0.717) is 6.61 Å². The Morgan fingerprint density at radius 2 is 2.14 bits per heavy atom. The van der Waals surface area contributed by atoms with Crippen LogP contribution in [-0.2, 0) is 19.1 Å². The van der Waals surface area contributed by atoms with E-state index in [-0.39, 0.29) is 18.3 Å². The fourth-order valence-corrected chi connectivity index (χ4v) is 2.51. The van der Waals surface area contributed by atoms with Crippen LogP contribution >= 0.6 is 15.9 Å². The summed E-state index contributed by atoms with van der Waals surface area (Å²) in [6.45, 7) is 0.609. The first kappa shape index (κ1) is 16.0. The van der Waals surface area contributed by atoms with E-state index >= 15 is 0 Å². The summed E-state index contributed by atoms with van der Waals surface area (Å²) in [6, 6.07) is 7.07. The van der Waals surface area contributed by atoms with Crippen molar-refractivity contribution in [3.63, 3.8) is 0 Å². The van der Waals surface area contributed by atoms with Crippen LogP contribution in [0, 0.1) is 0 Å². The maximum Gasteiger partial charge on any atom is 0.307 e.